The van der Waals surface area contributed by atoms with Gasteiger partial charge in [-0.1, -0.05) is 56.0 Å². The standard InChI is InChI=1S/C69H73IN8O7/c1-9-50-39(2)54-34-60-65(43(6)85-37-47-16-10-13-44(27-47)19-20-45-14-12-18-49(29-45)74-69-52-31-62(83-25-23-81-7)63(84-26-24-82-8)35-58(52)72-38-73-69)41(4)56(76-60)32-55-40(3)51(21-22-64(80)71-36-46-15-11-17-48(70)28-46)67(77-55)53-30-61(79)66-42(5)57(78-68(53)66)33-59(50)75-54/h10-18,27-29,31-32,35,38,40,43,51,53-54,76,78H,9,21-26,30,33-34,36-37H2,1-8H3,(H,71,80)(H,72,73,74)/t40-,43?,51-,53?,54?/m0/s1. The number of rotatable bonds is 20. The van der Waals surface area contributed by atoms with Gasteiger partial charge in [0.15, 0.2) is 17.3 Å². The minimum atomic E-state index is -0.281. The number of nitrogens with one attached hydrogen (secondary N) is 4. The van der Waals surface area contributed by atoms with Crippen LogP contribution < -0.4 is 20.1 Å². The van der Waals surface area contributed by atoms with Crippen LogP contribution in [0.25, 0.3) is 17.0 Å². The molecule has 6 heterocycles. The van der Waals surface area contributed by atoms with Gasteiger partial charge >= 0.3 is 0 Å². The molecule has 85 heavy (non-hydrogen) atoms. The lowest BCUT2D eigenvalue weighted by Crippen LogP contribution is -2.27. The maximum absolute atomic E-state index is 14.1. The van der Waals surface area contributed by atoms with E-state index in [1.807, 2.05) is 66.7 Å². The van der Waals surface area contributed by atoms with Crippen LogP contribution >= 0.6 is 22.6 Å². The molecular weight excluding hydrogens is 1180 g/mol. The number of Topliss-reactive ketones (excluding diaryl/α,β-unsaturated/α-hetero) is 1. The van der Waals surface area contributed by atoms with Crippen LogP contribution in [0.5, 0.6) is 11.5 Å². The number of allylic oxidation sites excluding steroid dienone is 2. The van der Waals surface area contributed by atoms with Gasteiger partial charge < -0.3 is 44.3 Å². The fourth-order valence-electron chi connectivity index (χ4n) is 12.6. The summed E-state index contributed by atoms with van der Waals surface area (Å²) in [6.45, 7) is 15.5. The lowest BCUT2D eigenvalue weighted by atomic mass is 9.81. The molecule has 0 saturated heterocycles. The molecule has 0 saturated carbocycles. The molecule has 4 aliphatic rings. The maximum atomic E-state index is 14.1. The summed E-state index contributed by atoms with van der Waals surface area (Å²) in [6.07, 6.45) is 6.91. The fourth-order valence-corrected chi connectivity index (χ4v) is 13.2. The highest BCUT2D eigenvalue weighted by molar-refractivity contribution is 14.1. The summed E-state index contributed by atoms with van der Waals surface area (Å²) in [6, 6.07) is 28.0. The summed E-state index contributed by atoms with van der Waals surface area (Å²) in [5, 5.41) is 7.41. The number of H-pyrrole nitrogens is 2. The van der Waals surface area contributed by atoms with Gasteiger partial charge in [0.1, 0.15) is 25.4 Å². The number of methoxy groups -OCH3 is 2. The zero-order valence-electron chi connectivity index (χ0n) is 49.6. The van der Waals surface area contributed by atoms with Crippen molar-refractivity contribution in [2.75, 3.05) is 46.0 Å². The summed E-state index contributed by atoms with van der Waals surface area (Å²) in [4.78, 5) is 55.5. The zero-order valence-corrected chi connectivity index (χ0v) is 51.8. The van der Waals surface area contributed by atoms with Crippen LogP contribution in [0.3, 0.4) is 0 Å². The first kappa shape index (κ1) is 59.1. The maximum Gasteiger partial charge on any atom is 0.220 e. The number of hydrogen-bond donors (Lipinski definition) is 4. The van der Waals surface area contributed by atoms with Crippen LogP contribution in [-0.4, -0.2) is 89.7 Å². The highest BCUT2D eigenvalue weighted by Gasteiger charge is 2.44. The number of anilines is 2. The number of amides is 1. The third kappa shape index (κ3) is 13.0. The smallest absolute Gasteiger partial charge is 0.220 e. The normalized spacial score (nSPS) is 18.2. The molecule has 4 N–H and O–H groups in total. The molecule has 3 aromatic heterocycles. The van der Waals surface area contributed by atoms with E-state index < -0.39 is 0 Å². The van der Waals surface area contributed by atoms with Crippen molar-refractivity contribution in [3.05, 3.63) is 179 Å². The van der Waals surface area contributed by atoms with Crippen LogP contribution in [0.1, 0.15) is 137 Å². The number of fused-ring (bicyclic) bond motifs is 7. The molecule has 15 nitrogen and oxygen atoms in total. The molecule has 7 aromatic rings. The van der Waals surface area contributed by atoms with Gasteiger partial charge in [-0.25, -0.2) is 9.97 Å². The minimum Gasteiger partial charge on any atom is -0.487 e. The van der Waals surface area contributed by atoms with Crippen molar-refractivity contribution in [3.8, 4) is 23.3 Å². The second-order valence-corrected chi connectivity index (χ2v) is 23.8. The summed E-state index contributed by atoms with van der Waals surface area (Å²) in [5.74, 6) is 8.40. The average molecular weight is 1250 g/mol. The SMILES string of the molecule is CCC1=C(C)C2Cc3[nH]c(c(C)c3C(C)OCc3cccc(C#Cc4cccc(Nc5ncnc6cc(OCCOC)c(OCCOC)cc56)c4)c3)C=C3N=C(C4CC(=O)c5c4[nH]c(c5C)CC1=N2)[C@@H](CCC(=O)NCc1cccc(I)c1)[C@@H]3C. The van der Waals surface area contributed by atoms with Gasteiger partial charge in [0.25, 0.3) is 0 Å². The Morgan fingerprint density at radius 2 is 1.59 bits per heavy atom. The van der Waals surface area contributed by atoms with E-state index in [0.717, 1.165) is 105 Å². The Balaban J connectivity index is 0.838. The number of ether oxygens (including phenoxy) is 5. The van der Waals surface area contributed by atoms with Crippen molar-refractivity contribution in [1.82, 2.24) is 25.3 Å². The second-order valence-electron chi connectivity index (χ2n) is 22.5. The Hall–Kier alpha value is -7.69. The van der Waals surface area contributed by atoms with Crippen molar-refractivity contribution in [3.63, 3.8) is 0 Å². The number of nitrogens with zero attached hydrogens (tertiary/aromatic N) is 4. The van der Waals surface area contributed by atoms with E-state index in [9.17, 15) is 9.59 Å². The average Bonchev–Trinajstić information content (AvgIpc) is 2.17. The number of carbonyl (C=O) groups excluding carboxylic acids is 2. The van der Waals surface area contributed by atoms with Crippen molar-refractivity contribution < 1.29 is 33.3 Å². The fraction of sp³-hybridized carbons (Fsp3) is 0.362. The highest BCUT2D eigenvalue weighted by atomic mass is 127. The molecule has 1 aliphatic carbocycles. The Morgan fingerprint density at radius 1 is 0.847 bits per heavy atom. The number of halogens is 1. The summed E-state index contributed by atoms with van der Waals surface area (Å²) >= 11 is 2.30. The van der Waals surface area contributed by atoms with Crippen LogP contribution in [-0.2, 0) is 45.0 Å². The van der Waals surface area contributed by atoms with Gasteiger partial charge in [0.05, 0.1) is 37.5 Å². The molecule has 0 radical (unpaired) electrons. The van der Waals surface area contributed by atoms with Crippen LogP contribution in [0, 0.1) is 41.1 Å². The molecule has 8 bridgehead atoms. The monoisotopic (exact) mass is 1250 g/mol. The van der Waals surface area contributed by atoms with Gasteiger partial charge in [-0.3, -0.25) is 19.6 Å². The molecule has 3 aliphatic heterocycles. The van der Waals surface area contributed by atoms with Crippen molar-refractivity contribution in [2.24, 2.45) is 21.8 Å². The first-order valence-corrected chi connectivity index (χ1v) is 30.5. The van der Waals surface area contributed by atoms with Gasteiger partial charge in [0, 0.05) is 147 Å². The molecule has 16 heteroatoms. The number of carbonyl (C=O) groups is 2. The largest absolute Gasteiger partial charge is 0.487 e. The van der Waals surface area contributed by atoms with Crippen molar-refractivity contribution >= 4 is 74.2 Å². The Morgan fingerprint density at radius 3 is 2.35 bits per heavy atom. The summed E-state index contributed by atoms with van der Waals surface area (Å²) in [7, 11) is 3.27. The number of benzene rings is 4. The van der Waals surface area contributed by atoms with E-state index in [-0.39, 0.29) is 41.6 Å². The van der Waals surface area contributed by atoms with Gasteiger partial charge in [-0.05, 0) is 151 Å². The van der Waals surface area contributed by atoms with E-state index in [0.29, 0.717) is 94.5 Å². The number of ketones is 1. The first-order chi connectivity index (χ1) is 41.3. The van der Waals surface area contributed by atoms with Gasteiger partial charge in [0.2, 0.25) is 5.91 Å². The van der Waals surface area contributed by atoms with Gasteiger partial charge in [-0.2, -0.15) is 0 Å². The molecule has 0 spiro atoms. The molecule has 438 valence electrons. The third-order valence-electron chi connectivity index (χ3n) is 17.1. The Labute approximate surface area is 511 Å². The van der Waals surface area contributed by atoms with Crippen LogP contribution in [0.4, 0.5) is 11.5 Å². The molecule has 11 rings (SSSR count). The Kier molecular flexibility index (Phi) is 18.3. The number of aromatic amines is 2. The molecular formula is C69H73IN8O7. The second kappa shape index (κ2) is 26.3. The lowest BCUT2D eigenvalue weighted by molar-refractivity contribution is -0.121. The zero-order chi connectivity index (χ0) is 59.3. The number of hydrogen-bond acceptors (Lipinski definition) is 12. The Bertz CT molecular complexity index is 3900. The van der Waals surface area contributed by atoms with Crippen LogP contribution in [0.2, 0.25) is 0 Å². The minimum absolute atomic E-state index is 0.00178. The molecule has 3 unspecified atom stereocenters. The third-order valence-corrected chi connectivity index (χ3v) is 17.7. The van der Waals surface area contributed by atoms with E-state index in [1.54, 1.807) is 14.2 Å². The summed E-state index contributed by atoms with van der Waals surface area (Å²) in [5.41, 5.74) is 18.9. The van der Waals surface area contributed by atoms with E-state index in [1.165, 1.54) is 17.5 Å². The quantitative estimate of drug-likeness (QED) is 0.0325. The van der Waals surface area contributed by atoms with Crippen LogP contribution in [0.15, 0.2) is 118 Å². The van der Waals surface area contributed by atoms with Crippen molar-refractivity contribution in [2.45, 2.75) is 111 Å². The number of aliphatic imine (C=N–C) groups is 2. The molecule has 1 amide bonds. The molecule has 0 fully saturated rings. The highest BCUT2D eigenvalue weighted by Crippen LogP contribution is 2.47. The topological polar surface area (TPSA) is 186 Å². The lowest BCUT2D eigenvalue weighted by Gasteiger charge is -2.22. The predicted octanol–water partition coefficient (Wildman–Crippen LogP) is 13.1. The van der Waals surface area contributed by atoms with E-state index in [2.05, 4.69) is 131 Å². The van der Waals surface area contributed by atoms with Gasteiger partial charge in [-0.15, -0.1) is 0 Å². The summed E-state index contributed by atoms with van der Waals surface area (Å²) < 4.78 is 30.5. The first-order valence-electron chi connectivity index (χ1n) is 29.4. The van der Waals surface area contributed by atoms with Crippen molar-refractivity contribution in [1.29, 1.82) is 0 Å². The molecule has 4 aromatic carbocycles. The predicted molar refractivity (Wildman–Crippen MR) is 342 cm³/mol. The van der Waals surface area contributed by atoms with E-state index in [4.69, 9.17) is 33.7 Å². The molecule has 5 atom stereocenters. The number of aromatic nitrogens is 4. The van der Waals surface area contributed by atoms with E-state index >= 15 is 0 Å².